The lowest BCUT2D eigenvalue weighted by Gasteiger charge is -2.29. The molecule has 2 aromatic carbocycles. The fraction of sp³-hybridized carbons (Fsp3) is 0.364. The number of amides is 1. The van der Waals surface area contributed by atoms with Crippen molar-refractivity contribution in [1.29, 1.82) is 0 Å². The Morgan fingerprint density at radius 2 is 1.69 bits per heavy atom. The van der Waals surface area contributed by atoms with Crippen molar-refractivity contribution in [2.24, 2.45) is 0 Å². The fourth-order valence-corrected chi connectivity index (χ4v) is 3.77. The summed E-state index contributed by atoms with van der Waals surface area (Å²) in [5.74, 6) is -0.765. The highest BCUT2D eigenvalue weighted by molar-refractivity contribution is 8.00. The molecule has 6 nitrogen and oxygen atoms in total. The second-order valence-electron chi connectivity index (χ2n) is 6.79. The summed E-state index contributed by atoms with van der Waals surface area (Å²) in [5.41, 5.74) is 1.76. The van der Waals surface area contributed by atoms with Crippen LogP contribution in [0.25, 0.3) is 0 Å². The summed E-state index contributed by atoms with van der Waals surface area (Å²) in [5, 5.41) is 2.40. The van der Waals surface area contributed by atoms with Crippen LogP contribution in [0.3, 0.4) is 0 Å². The van der Waals surface area contributed by atoms with E-state index in [0.29, 0.717) is 5.69 Å². The molecule has 29 heavy (non-hydrogen) atoms. The van der Waals surface area contributed by atoms with Crippen LogP contribution in [-0.2, 0) is 19.1 Å². The Bertz CT molecular complexity index is 807. The van der Waals surface area contributed by atoms with E-state index in [9.17, 15) is 9.59 Å². The summed E-state index contributed by atoms with van der Waals surface area (Å²) < 4.78 is 10.7. The molecule has 2 aromatic rings. The first-order chi connectivity index (χ1) is 14.0. The Morgan fingerprint density at radius 3 is 2.34 bits per heavy atom. The van der Waals surface area contributed by atoms with Crippen molar-refractivity contribution in [3.05, 3.63) is 54.6 Å². The van der Waals surface area contributed by atoms with Crippen LogP contribution in [0.1, 0.15) is 13.8 Å². The molecule has 0 aliphatic carbocycles. The van der Waals surface area contributed by atoms with Crippen molar-refractivity contribution in [2.75, 3.05) is 36.5 Å². The number of anilines is 2. The summed E-state index contributed by atoms with van der Waals surface area (Å²) in [6.45, 7) is 6.52. The first-order valence-electron chi connectivity index (χ1n) is 9.69. The standard InChI is InChI=1S/C22H26N2O4S/c1-16(28-22(26)17(2)29-20-6-4-3-5-7-20)21(25)23-18-8-10-19(11-9-18)24-12-14-27-15-13-24/h3-11,16-17H,12-15H2,1-2H3,(H,23,25)/t16-,17+/m0/s1. The molecule has 0 saturated carbocycles. The molecular formula is C22H26N2O4S. The molecule has 1 saturated heterocycles. The molecule has 1 heterocycles. The van der Waals surface area contributed by atoms with E-state index >= 15 is 0 Å². The number of nitrogens with zero attached hydrogens (tertiary/aromatic N) is 1. The van der Waals surface area contributed by atoms with Gasteiger partial charge in [0, 0.05) is 29.4 Å². The van der Waals surface area contributed by atoms with Crippen LogP contribution in [0, 0.1) is 0 Å². The highest BCUT2D eigenvalue weighted by atomic mass is 32.2. The number of morpholine rings is 1. The van der Waals surface area contributed by atoms with Gasteiger partial charge in [0.05, 0.1) is 13.2 Å². The van der Waals surface area contributed by atoms with Crippen LogP contribution in [-0.4, -0.2) is 49.5 Å². The molecule has 2 atom stereocenters. The lowest BCUT2D eigenvalue weighted by atomic mass is 10.2. The van der Waals surface area contributed by atoms with E-state index in [1.54, 1.807) is 13.8 Å². The van der Waals surface area contributed by atoms with Crippen molar-refractivity contribution < 1.29 is 19.1 Å². The normalized spacial score (nSPS) is 16.0. The number of hydrogen-bond acceptors (Lipinski definition) is 6. The highest BCUT2D eigenvalue weighted by Crippen LogP contribution is 2.24. The van der Waals surface area contributed by atoms with E-state index in [2.05, 4.69) is 10.2 Å². The minimum atomic E-state index is -0.875. The molecule has 1 aliphatic rings. The van der Waals surface area contributed by atoms with Gasteiger partial charge in [-0.2, -0.15) is 0 Å². The summed E-state index contributed by atoms with van der Waals surface area (Å²) in [7, 11) is 0. The Balaban J connectivity index is 1.48. The van der Waals surface area contributed by atoms with Crippen molar-refractivity contribution in [1.82, 2.24) is 0 Å². The van der Waals surface area contributed by atoms with Crippen LogP contribution in [0.2, 0.25) is 0 Å². The van der Waals surface area contributed by atoms with Crippen molar-refractivity contribution >= 4 is 35.0 Å². The smallest absolute Gasteiger partial charge is 0.319 e. The molecule has 154 valence electrons. The zero-order chi connectivity index (χ0) is 20.6. The molecule has 1 amide bonds. The van der Waals surface area contributed by atoms with Crippen molar-refractivity contribution in [2.45, 2.75) is 30.1 Å². The van der Waals surface area contributed by atoms with Gasteiger partial charge >= 0.3 is 5.97 Å². The van der Waals surface area contributed by atoms with Gasteiger partial charge in [0.1, 0.15) is 5.25 Å². The lowest BCUT2D eigenvalue weighted by molar-refractivity contribution is -0.152. The number of hydrogen-bond donors (Lipinski definition) is 1. The quantitative estimate of drug-likeness (QED) is 0.552. The minimum Gasteiger partial charge on any atom is -0.452 e. The predicted octanol–water partition coefficient (Wildman–Crippen LogP) is 3.57. The van der Waals surface area contributed by atoms with Crippen LogP contribution in [0.15, 0.2) is 59.5 Å². The average molecular weight is 415 g/mol. The SMILES string of the molecule is C[C@H](OC(=O)[C@@H](C)Sc1ccccc1)C(=O)Nc1ccc(N2CCOCC2)cc1. The Labute approximate surface area is 175 Å². The molecular weight excluding hydrogens is 388 g/mol. The Hall–Kier alpha value is -2.51. The molecule has 0 unspecified atom stereocenters. The number of ether oxygens (including phenoxy) is 2. The largest absolute Gasteiger partial charge is 0.452 e. The maximum atomic E-state index is 12.4. The maximum Gasteiger partial charge on any atom is 0.319 e. The third kappa shape index (κ3) is 6.24. The number of rotatable bonds is 7. The van der Waals surface area contributed by atoms with Crippen molar-refractivity contribution in [3.8, 4) is 0 Å². The second-order valence-corrected chi connectivity index (χ2v) is 8.20. The highest BCUT2D eigenvalue weighted by Gasteiger charge is 2.23. The van der Waals surface area contributed by atoms with Gasteiger partial charge in [0.15, 0.2) is 6.10 Å². The summed E-state index contributed by atoms with van der Waals surface area (Å²) in [4.78, 5) is 27.9. The van der Waals surface area contributed by atoms with Gasteiger partial charge in [-0.15, -0.1) is 11.8 Å². The zero-order valence-electron chi connectivity index (χ0n) is 16.7. The van der Waals surface area contributed by atoms with E-state index in [1.807, 2.05) is 54.6 Å². The second kappa shape index (κ2) is 10.3. The topological polar surface area (TPSA) is 67.9 Å². The molecule has 1 N–H and O–H groups in total. The van der Waals surface area contributed by atoms with Gasteiger partial charge < -0.3 is 19.7 Å². The molecule has 1 fully saturated rings. The summed E-state index contributed by atoms with van der Waals surface area (Å²) in [6.07, 6.45) is -0.875. The fourth-order valence-electron chi connectivity index (χ4n) is 2.90. The lowest BCUT2D eigenvalue weighted by Crippen LogP contribution is -2.36. The van der Waals surface area contributed by atoms with E-state index < -0.39 is 17.3 Å². The van der Waals surface area contributed by atoms with Crippen molar-refractivity contribution in [3.63, 3.8) is 0 Å². The monoisotopic (exact) mass is 414 g/mol. The number of nitrogens with one attached hydrogen (secondary N) is 1. The van der Waals surface area contributed by atoms with E-state index in [0.717, 1.165) is 36.9 Å². The first-order valence-corrected chi connectivity index (χ1v) is 10.6. The van der Waals surface area contributed by atoms with Gasteiger partial charge in [-0.1, -0.05) is 18.2 Å². The van der Waals surface area contributed by atoms with Crippen LogP contribution in [0.4, 0.5) is 11.4 Å². The summed E-state index contributed by atoms with van der Waals surface area (Å²) in [6, 6.07) is 17.3. The Morgan fingerprint density at radius 1 is 1.03 bits per heavy atom. The van der Waals surface area contributed by atoms with Gasteiger partial charge in [0.2, 0.25) is 0 Å². The number of carbonyl (C=O) groups excluding carboxylic acids is 2. The third-order valence-electron chi connectivity index (χ3n) is 4.56. The van der Waals surface area contributed by atoms with Gasteiger partial charge in [-0.05, 0) is 50.2 Å². The van der Waals surface area contributed by atoms with E-state index in [1.165, 1.54) is 11.8 Å². The molecule has 1 aliphatic heterocycles. The summed E-state index contributed by atoms with van der Waals surface area (Å²) >= 11 is 1.40. The number of thioether (sulfide) groups is 1. The Kier molecular flexibility index (Phi) is 7.55. The molecule has 3 rings (SSSR count). The number of carbonyl (C=O) groups is 2. The molecule has 0 bridgehead atoms. The van der Waals surface area contributed by atoms with Crippen LogP contribution < -0.4 is 10.2 Å². The zero-order valence-corrected chi connectivity index (χ0v) is 17.5. The molecule has 0 spiro atoms. The molecule has 0 radical (unpaired) electrons. The number of benzene rings is 2. The average Bonchev–Trinajstić information content (AvgIpc) is 2.75. The van der Waals surface area contributed by atoms with Gasteiger partial charge in [0.25, 0.3) is 5.91 Å². The number of esters is 1. The molecule has 7 heteroatoms. The predicted molar refractivity (Wildman–Crippen MR) is 115 cm³/mol. The van der Waals surface area contributed by atoms with E-state index in [-0.39, 0.29) is 5.91 Å². The minimum absolute atomic E-state index is 0.352. The molecule has 0 aromatic heterocycles. The first kappa shape index (κ1) is 21.2. The van der Waals surface area contributed by atoms with Gasteiger partial charge in [-0.25, -0.2) is 0 Å². The van der Waals surface area contributed by atoms with E-state index in [4.69, 9.17) is 9.47 Å². The van der Waals surface area contributed by atoms with Crippen LogP contribution >= 0.6 is 11.8 Å². The third-order valence-corrected chi connectivity index (χ3v) is 5.65. The maximum absolute atomic E-state index is 12.4. The van der Waals surface area contributed by atoms with Gasteiger partial charge in [-0.3, -0.25) is 9.59 Å². The van der Waals surface area contributed by atoms with Crippen LogP contribution in [0.5, 0.6) is 0 Å².